The number of aliphatic hydroxyl groups excluding tert-OH is 1. The topological polar surface area (TPSA) is 90.3 Å². The lowest BCUT2D eigenvalue weighted by Crippen LogP contribution is -2.35. The smallest absolute Gasteiger partial charge is 0.295 e. The Labute approximate surface area is 194 Å². The zero-order chi connectivity index (χ0) is 24.1. The summed E-state index contributed by atoms with van der Waals surface area (Å²) in [5.74, 6) is -0.778. The summed E-state index contributed by atoms with van der Waals surface area (Å²) < 4.78 is 5.79. The molecular formula is C26H32N2O5. The molecule has 2 N–H and O–H groups in total. The molecule has 1 atom stereocenters. The SMILES string of the molecule is CCCCOc1ccc(C(O)=C2C(=O)C(=O)N(CCN(C)C)C2c2ccc(O)cc2)cc1C. The largest absolute Gasteiger partial charge is 0.508 e. The number of unbranched alkanes of at least 4 members (excludes halogenated alkanes) is 1. The number of hydrogen-bond acceptors (Lipinski definition) is 6. The van der Waals surface area contributed by atoms with Gasteiger partial charge in [-0.05, 0) is 68.9 Å². The molecule has 7 nitrogen and oxygen atoms in total. The zero-order valence-electron chi connectivity index (χ0n) is 19.7. The summed E-state index contributed by atoms with van der Waals surface area (Å²) >= 11 is 0. The van der Waals surface area contributed by atoms with Crippen LogP contribution in [0.15, 0.2) is 48.0 Å². The molecule has 1 aliphatic rings. The van der Waals surface area contributed by atoms with Gasteiger partial charge in [0.05, 0.1) is 18.2 Å². The second-order valence-corrected chi connectivity index (χ2v) is 8.57. The molecule has 1 unspecified atom stereocenters. The molecule has 1 heterocycles. The summed E-state index contributed by atoms with van der Waals surface area (Å²) in [7, 11) is 3.78. The van der Waals surface area contributed by atoms with Crippen molar-refractivity contribution in [3.63, 3.8) is 0 Å². The first kappa shape index (κ1) is 24.3. The summed E-state index contributed by atoms with van der Waals surface area (Å²) in [5, 5.41) is 20.9. The van der Waals surface area contributed by atoms with E-state index in [0.717, 1.165) is 24.2 Å². The minimum Gasteiger partial charge on any atom is -0.508 e. The molecule has 3 rings (SSSR count). The highest BCUT2D eigenvalue weighted by Gasteiger charge is 2.45. The van der Waals surface area contributed by atoms with Gasteiger partial charge in [0.25, 0.3) is 11.7 Å². The number of ketones is 1. The molecule has 2 aromatic rings. The fourth-order valence-electron chi connectivity index (χ4n) is 3.86. The van der Waals surface area contributed by atoms with E-state index >= 15 is 0 Å². The number of ether oxygens (including phenoxy) is 1. The summed E-state index contributed by atoms with van der Waals surface area (Å²) in [4.78, 5) is 29.4. The summed E-state index contributed by atoms with van der Waals surface area (Å²) in [5.41, 5.74) is 1.97. The number of aliphatic hydroxyl groups is 1. The van der Waals surface area contributed by atoms with Gasteiger partial charge in [0.15, 0.2) is 0 Å². The van der Waals surface area contributed by atoms with Crippen LogP contribution in [0.4, 0.5) is 0 Å². The standard InChI is InChI=1S/C26H32N2O5/c1-5-6-15-33-21-12-9-19(16-17(21)2)24(30)22-23(18-7-10-20(29)11-8-18)28(14-13-27(3)4)26(32)25(22)31/h7-12,16,23,29-30H,5-6,13-15H2,1-4H3. The molecule has 2 aromatic carbocycles. The van der Waals surface area contributed by atoms with Crippen LogP contribution < -0.4 is 4.74 Å². The van der Waals surface area contributed by atoms with Crippen molar-refractivity contribution >= 4 is 17.4 Å². The number of nitrogens with zero attached hydrogens (tertiary/aromatic N) is 2. The Hall–Kier alpha value is -3.32. The number of Topliss-reactive ketones (excluding diaryl/α,β-unsaturated/α-hetero) is 1. The van der Waals surface area contributed by atoms with E-state index in [4.69, 9.17) is 4.74 Å². The average molecular weight is 453 g/mol. The third-order valence-corrected chi connectivity index (χ3v) is 5.74. The van der Waals surface area contributed by atoms with Gasteiger partial charge in [-0.25, -0.2) is 0 Å². The highest BCUT2D eigenvalue weighted by molar-refractivity contribution is 6.46. The number of carbonyl (C=O) groups excluding carboxylic acids is 2. The number of hydrogen-bond donors (Lipinski definition) is 2. The minimum absolute atomic E-state index is 0.0449. The summed E-state index contributed by atoms with van der Waals surface area (Å²) in [6.07, 6.45) is 1.98. The van der Waals surface area contributed by atoms with Crippen molar-refractivity contribution in [1.82, 2.24) is 9.80 Å². The lowest BCUT2D eigenvalue weighted by molar-refractivity contribution is -0.140. The molecule has 0 radical (unpaired) electrons. The maximum atomic E-state index is 13.1. The molecule has 0 aliphatic carbocycles. The molecule has 1 saturated heterocycles. The van der Waals surface area contributed by atoms with Gasteiger partial charge in [0.1, 0.15) is 17.3 Å². The molecule has 7 heteroatoms. The molecule has 1 aliphatic heterocycles. The van der Waals surface area contributed by atoms with Gasteiger partial charge in [0.2, 0.25) is 0 Å². The number of phenolic OH excluding ortho intramolecular Hbond substituents is 1. The average Bonchev–Trinajstić information content (AvgIpc) is 3.03. The van der Waals surface area contributed by atoms with Crippen LogP contribution in [0, 0.1) is 6.92 Å². The number of amides is 1. The first-order chi connectivity index (χ1) is 15.7. The van der Waals surface area contributed by atoms with Gasteiger partial charge in [-0.2, -0.15) is 0 Å². The lowest BCUT2D eigenvalue weighted by atomic mass is 9.94. The van der Waals surface area contributed by atoms with Gasteiger partial charge < -0.3 is 24.7 Å². The fourth-order valence-corrected chi connectivity index (χ4v) is 3.86. The number of phenols is 1. The molecule has 0 saturated carbocycles. The second-order valence-electron chi connectivity index (χ2n) is 8.57. The van der Waals surface area contributed by atoms with Crippen LogP contribution in [0.3, 0.4) is 0 Å². The Bertz CT molecular complexity index is 1040. The van der Waals surface area contributed by atoms with Gasteiger partial charge in [-0.3, -0.25) is 9.59 Å². The predicted octanol–water partition coefficient (Wildman–Crippen LogP) is 3.86. The van der Waals surface area contributed by atoms with E-state index < -0.39 is 17.7 Å². The zero-order valence-corrected chi connectivity index (χ0v) is 19.7. The molecule has 1 fully saturated rings. The van der Waals surface area contributed by atoms with Crippen molar-refractivity contribution in [2.24, 2.45) is 0 Å². The number of carbonyl (C=O) groups is 2. The monoisotopic (exact) mass is 452 g/mol. The normalized spacial score (nSPS) is 17.7. The Morgan fingerprint density at radius 1 is 1.12 bits per heavy atom. The van der Waals surface area contributed by atoms with Crippen LogP contribution in [-0.2, 0) is 9.59 Å². The van der Waals surface area contributed by atoms with Crippen LogP contribution in [0.1, 0.15) is 42.5 Å². The molecule has 0 spiro atoms. The van der Waals surface area contributed by atoms with E-state index in [1.807, 2.05) is 25.9 Å². The number of rotatable bonds is 9. The highest BCUT2D eigenvalue weighted by atomic mass is 16.5. The molecule has 0 aromatic heterocycles. The van der Waals surface area contributed by atoms with Crippen LogP contribution in [0.5, 0.6) is 11.5 Å². The van der Waals surface area contributed by atoms with Crippen molar-refractivity contribution in [3.8, 4) is 11.5 Å². The van der Waals surface area contributed by atoms with Crippen molar-refractivity contribution < 1.29 is 24.5 Å². The van der Waals surface area contributed by atoms with Gasteiger partial charge >= 0.3 is 0 Å². The minimum atomic E-state index is -0.744. The van der Waals surface area contributed by atoms with Crippen molar-refractivity contribution in [3.05, 3.63) is 64.7 Å². The molecule has 1 amide bonds. The van der Waals surface area contributed by atoms with E-state index in [2.05, 4.69) is 6.92 Å². The Kier molecular flexibility index (Phi) is 7.76. The van der Waals surface area contributed by atoms with E-state index in [1.165, 1.54) is 17.0 Å². The first-order valence-electron chi connectivity index (χ1n) is 11.2. The van der Waals surface area contributed by atoms with E-state index in [-0.39, 0.29) is 17.1 Å². The third-order valence-electron chi connectivity index (χ3n) is 5.74. The van der Waals surface area contributed by atoms with Crippen LogP contribution in [-0.4, -0.2) is 65.5 Å². The second kappa shape index (κ2) is 10.5. The van der Waals surface area contributed by atoms with Gasteiger partial charge in [-0.15, -0.1) is 0 Å². The van der Waals surface area contributed by atoms with E-state index in [9.17, 15) is 19.8 Å². The number of likely N-dealkylation sites (tertiary alicyclic amines) is 1. The quantitative estimate of drug-likeness (QED) is 0.260. The van der Waals surface area contributed by atoms with Crippen LogP contribution >= 0.6 is 0 Å². The summed E-state index contributed by atoms with van der Waals surface area (Å²) in [6.45, 7) is 5.47. The Morgan fingerprint density at radius 3 is 2.42 bits per heavy atom. The lowest BCUT2D eigenvalue weighted by Gasteiger charge is -2.26. The number of aryl methyl sites for hydroxylation is 1. The van der Waals surface area contributed by atoms with Gasteiger partial charge in [-0.1, -0.05) is 25.5 Å². The Morgan fingerprint density at radius 2 is 1.82 bits per heavy atom. The van der Waals surface area contributed by atoms with E-state index in [1.54, 1.807) is 30.3 Å². The van der Waals surface area contributed by atoms with Crippen LogP contribution in [0.25, 0.3) is 5.76 Å². The molecule has 33 heavy (non-hydrogen) atoms. The number of benzene rings is 2. The first-order valence-corrected chi connectivity index (χ1v) is 11.2. The maximum absolute atomic E-state index is 13.1. The van der Waals surface area contributed by atoms with Crippen molar-refractivity contribution in [1.29, 1.82) is 0 Å². The molecular weight excluding hydrogens is 420 g/mol. The maximum Gasteiger partial charge on any atom is 0.295 e. The van der Waals surface area contributed by atoms with Gasteiger partial charge in [0, 0.05) is 18.7 Å². The van der Waals surface area contributed by atoms with E-state index in [0.29, 0.717) is 30.8 Å². The van der Waals surface area contributed by atoms with Crippen molar-refractivity contribution in [2.45, 2.75) is 32.7 Å². The fraction of sp³-hybridized carbons (Fsp3) is 0.385. The highest BCUT2D eigenvalue weighted by Crippen LogP contribution is 2.40. The van der Waals surface area contributed by atoms with Crippen molar-refractivity contribution in [2.75, 3.05) is 33.8 Å². The molecule has 0 bridgehead atoms. The molecule has 176 valence electrons. The summed E-state index contributed by atoms with van der Waals surface area (Å²) in [6, 6.07) is 10.8. The number of aromatic hydroxyl groups is 1. The van der Waals surface area contributed by atoms with Crippen LogP contribution in [0.2, 0.25) is 0 Å². The Balaban J connectivity index is 2.04. The number of likely N-dealkylation sites (N-methyl/N-ethyl adjacent to an activating group) is 1. The third kappa shape index (κ3) is 5.37. The predicted molar refractivity (Wildman–Crippen MR) is 127 cm³/mol.